The van der Waals surface area contributed by atoms with Crippen molar-refractivity contribution in [1.82, 2.24) is 20.0 Å². The molecule has 1 aromatic heterocycles. The first-order valence-corrected chi connectivity index (χ1v) is 7.72. The molecule has 1 heterocycles. The topological polar surface area (TPSA) is 45.5 Å². The number of nitrogens with zero attached hydrogens (tertiary/aromatic N) is 4. The van der Waals surface area contributed by atoms with Gasteiger partial charge < -0.3 is 10.2 Å². The summed E-state index contributed by atoms with van der Waals surface area (Å²) in [6.07, 6.45) is 3.75. The summed E-state index contributed by atoms with van der Waals surface area (Å²) in [7, 11) is 2.07. The number of nitrogens with one attached hydrogen (secondary N) is 1. The lowest BCUT2D eigenvalue weighted by atomic mass is 10.1. The Bertz CT molecular complexity index is 595. The van der Waals surface area contributed by atoms with Crippen LogP contribution in [0.25, 0.3) is 0 Å². The third-order valence-corrected chi connectivity index (χ3v) is 3.52. The first-order valence-electron chi connectivity index (χ1n) is 7.72. The number of hydrogen-bond acceptors (Lipinski definition) is 2. The van der Waals surface area contributed by atoms with Crippen LogP contribution >= 0.6 is 24.0 Å². The van der Waals surface area contributed by atoms with Crippen molar-refractivity contribution in [2.45, 2.75) is 26.9 Å². The molecule has 2 aromatic rings. The summed E-state index contributed by atoms with van der Waals surface area (Å²) in [6, 6.07) is 10.4. The van der Waals surface area contributed by atoms with E-state index in [1.807, 2.05) is 16.9 Å². The van der Waals surface area contributed by atoms with Crippen LogP contribution in [0.2, 0.25) is 0 Å². The fourth-order valence-corrected chi connectivity index (χ4v) is 2.28. The van der Waals surface area contributed by atoms with Crippen LogP contribution < -0.4 is 5.32 Å². The molecule has 0 aliphatic heterocycles. The molecule has 23 heavy (non-hydrogen) atoms. The summed E-state index contributed by atoms with van der Waals surface area (Å²) in [5.41, 5.74) is 2.63. The van der Waals surface area contributed by atoms with Gasteiger partial charge in [-0.3, -0.25) is 9.67 Å². The van der Waals surface area contributed by atoms with Crippen LogP contribution in [0.15, 0.2) is 47.7 Å². The van der Waals surface area contributed by atoms with Crippen molar-refractivity contribution in [3.05, 3.63) is 53.9 Å². The Kier molecular flexibility index (Phi) is 8.68. The fraction of sp³-hybridized carbons (Fsp3) is 0.412. The third-order valence-electron chi connectivity index (χ3n) is 3.52. The van der Waals surface area contributed by atoms with Crippen molar-refractivity contribution in [3.63, 3.8) is 0 Å². The van der Waals surface area contributed by atoms with E-state index in [1.54, 1.807) is 6.20 Å². The van der Waals surface area contributed by atoms with E-state index in [0.717, 1.165) is 25.6 Å². The molecule has 0 atom stereocenters. The molecule has 126 valence electrons. The molecule has 0 amide bonds. The molecule has 2 rings (SSSR count). The highest BCUT2D eigenvalue weighted by Crippen LogP contribution is 2.09. The summed E-state index contributed by atoms with van der Waals surface area (Å²) in [5, 5.41) is 7.55. The number of rotatable bonds is 6. The van der Waals surface area contributed by atoms with Gasteiger partial charge in [0.2, 0.25) is 0 Å². The van der Waals surface area contributed by atoms with Crippen LogP contribution in [0.4, 0.5) is 0 Å². The Labute approximate surface area is 155 Å². The van der Waals surface area contributed by atoms with Gasteiger partial charge in [-0.2, -0.15) is 5.10 Å². The molecule has 1 N–H and O–H groups in total. The zero-order chi connectivity index (χ0) is 15.8. The lowest BCUT2D eigenvalue weighted by Gasteiger charge is -2.23. The molecule has 0 fully saturated rings. The van der Waals surface area contributed by atoms with E-state index in [4.69, 9.17) is 0 Å². The van der Waals surface area contributed by atoms with Gasteiger partial charge in [-0.1, -0.05) is 24.3 Å². The van der Waals surface area contributed by atoms with Crippen LogP contribution in [-0.2, 0) is 13.1 Å². The van der Waals surface area contributed by atoms with E-state index in [2.05, 4.69) is 65.5 Å². The summed E-state index contributed by atoms with van der Waals surface area (Å²) < 4.78 is 1.90. The van der Waals surface area contributed by atoms with E-state index < -0.39 is 0 Å². The highest BCUT2D eigenvalue weighted by atomic mass is 127. The van der Waals surface area contributed by atoms with Crippen LogP contribution in [0, 0.1) is 6.92 Å². The van der Waals surface area contributed by atoms with Crippen LogP contribution in [-0.4, -0.2) is 40.8 Å². The fourth-order valence-electron chi connectivity index (χ4n) is 2.28. The number of hydrogen-bond donors (Lipinski definition) is 1. The molecular formula is C17H26IN5. The smallest absolute Gasteiger partial charge is 0.194 e. The molecule has 0 spiro atoms. The van der Waals surface area contributed by atoms with Gasteiger partial charge in [0.05, 0.1) is 13.1 Å². The van der Waals surface area contributed by atoms with Gasteiger partial charge in [0.15, 0.2) is 5.96 Å². The highest BCUT2D eigenvalue weighted by molar-refractivity contribution is 14.0. The Hall–Kier alpha value is -1.57. The first kappa shape index (κ1) is 19.5. The zero-order valence-electron chi connectivity index (χ0n) is 14.1. The van der Waals surface area contributed by atoms with Gasteiger partial charge in [0.1, 0.15) is 0 Å². The number of guanidine groups is 1. The van der Waals surface area contributed by atoms with Gasteiger partial charge >= 0.3 is 0 Å². The highest BCUT2D eigenvalue weighted by Gasteiger charge is 2.07. The van der Waals surface area contributed by atoms with Crippen molar-refractivity contribution in [1.29, 1.82) is 0 Å². The predicted octanol–water partition coefficient (Wildman–Crippen LogP) is 2.91. The van der Waals surface area contributed by atoms with E-state index in [0.29, 0.717) is 6.54 Å². The second kappa shape index (κ2) is 10.3. The quantitative estimate of drug-likeness (QED) is 0.438. The van der Waals surface area contributed by atoms with Crippen LogP contribution in [0.1, 0.15) is 18.1 Å². The Morgan fingerprint density at radius 1 is 1.30 bits per heavy atom. The molecule has 0 radical (unpaired) electrons. The molecule has 0 saturated heterocycles. The normalized spacial score (nSPS) is 11.0. The number of benzene rings is 1. The molecule has 0 unspecified atom stereocenters. The summed E-state index contributed by atoms with van der Waals surface area (Å²) in [6.45, 7) is 7.44. The van der Waals surface area contributed by atoms with Crippen molar-refractivity contribution in [2.75, 3.05) is 20.1 Å². The largest absolute Gasteiger partial charge is 0.357 e. The standard InChI is InChI=1S/C17H25N5.HI/c1-4-18-17(19-11-13-22-12-7-10-20-22)21(3)14-16-9-6-5-8-15(16)2;/h5-10,12H,4,11,13-14H2,1-3H3,(H,18,19);1H. The number of aromatic nitrogens is 2. The maximum absolute atomic E-state index is 4.68. The van der Waals surface area contributed by atoms with Crippen LogP contribution in [0.5, 0.6) is 0 Å². The number of aryl methyl sites for hydroxylation is 1. The Morgan fingerprint density at radius 2 is 2.09 bits per heavy atom. The van der Waals surface area contributed by atoms with Crippen LogP contribution in [0.3, 0.4) is 0 Å². The molecular weight excluding hydrogens is 401 g/mol. The van der Waals surface area contributed by atoms with Crippen molar-refractivity contribution in [3.8, 4) is 0 Å². The minimum absolute atomic E-state index is 0. The lowest BCUT2D eigenvalue weighted by molar-refractivity contribution is 0.473. The minimum atomic E-state index is 0. The third kappa shape index (κ3) is 6.21. The zero-order valence-corrected chi connectivity index (χ0v) is 16.4. The monoisotopic (exact) mass is 427 g/mol. The van der Waals surface area contributed by atoms with E-state index in [9.17, 15) is 0 Å². The lowest BCUT2D eigenvalue weighted by Crippen LogP contribution is -2.38. The average Bonchev–Trinajstić information content (AvgIpc) is 3.02. The first-order chi connectivity index (χ1) is 10.7. The van der Waals surface area contributed by atoms with Crippen molar-refractivity contribution < 1.29 is 0 Å². The Morgan fingerprint density at radius 3 is 2.74 bits per heavy atom. The molecule has 0 aliphatic rings. The van der Waals surface area contributed by atoms with Crippen molar-refractivity contribution in [2.24, 2.45) is 4.99 Å². The molecule has 5 nitrogen and oxygen atoms in total. The summed E-state index contributed by atoms with van der Waals surface area (Å²) in [4.78, 5) is 6.85. The molecule has 0 bridgehead atoms. The molecule has 1 aromatic carbocycles. The number of halogens is 1. The van der Waals surface area contributed by atoms with E-state index in [-0.39, 0.29) is 24.0 Å². The van der Waals surface area contributed by atoms with Gasteiger partial charge in [-0.05, 0) is 31.0 Å². The summed E-state index contributed by atoms with van der Waals surface area (Å²) >= 11 is 0. The van der Waals surface area contributed by atoms with E-state index in [1.165, 1.54) is 11.1 Å². The molecule has 6 heteroatoms. The van der Waals surface area contributed by atoms with Gasteiger partial charge in [-0.25, -0.2) is 0 Å². The SMILES string of the molecule is CCNC(=NCCn1cccn1)N(C)Cc1ccccc1C.I. The maximum Gasteiger partial charge on any atom is 0.194 e. The maximum atomic E-state index is 4.68. The number of aliphatic imine (C=N–C) groups is 1. The molecule has 0 saturated carbocycles. The second-order valence-corrected chi connectivity index (χ2v) is 5.29. The van der Waals surface area contributed by atoms with Gasteiger partial charge in [0.25, 0.3) is 0 Å². The van der Waals surface area contributed by atoms with Gasteiger partial charge in [-0.15, -0.1) is 24.0 Å². The predicted molar refractivity (Wildman–Crippen MR) is 106 cm³/mol. The second-order valence-electron chi connectivity index (χ2n) is 5.29. The average molecular weight is 427 g/mol. The van der Waals surface area contributed by atoms with Gasteiger partial charge in [0, 0.05) is 32.5 Å². The summed E-state index contributed by atoms with van der Waals surface area (Å²) in [5.74, 6) is 0.929. The van der Waals surface area contributed by atoms with E-state index >= 15 is 0 Å². The minimum Gasteiger partial charge on any atom is -0.357 e. The van der Waals surface area contributed by atoms with Crippen molar-refractivity contribution >= 4 is 29.9 Å². The Balaban J connectivity index is 0.00000264. The molecule has 0 aliphatic carbocycles.